The third-order valence-electron chi connectivity index (χ3n) is 7.71. The summed E-state index contributed by atoms with van der Waals surface area (Å²) >= 11 is 0. The molecule has 0 radical (unpaired) electrons. The second kappa shape index (κ2) is 6.88. The fourth-order valence-electron chi connectivity index (χ4n) is 6.61. The standard InChI is InChI=1S/C28H23NO4/c1-3-28-21-10-6-4-8-19(21)23(20-9-5-7-11-22(20)28)24-25(28)27(32)29(26(24)31)17-12-14-18(15-13-17)33-16(2)30/h4-15,23-25H,3H2,1-2H3/t23?,24-,25+,28?/m0/s1. The van der Waals surface area contributed by atoms with Gasteiger partial charge in [0.1, 0.15) is 5.75 Å². The van der Waals surface area contributed by atoms with Crippen molar-refractivity contribution in [3.05, 3.63) is 95.1 Å². The number of rotatable bonds is 3. The van der Waals surface area contributed by atoms with Gasteiger partial charge in [-0.1, -0.05) is 55.5 Å². The van der Waals surface area contributed by atoms with Gasteiger partial charge in [0.2, 0.25) is 11.8 Å². The van der Waals surface area contributed by atoms with Gasteiger partial charge in [0, 0.05) is 18.3 Å². The summed E-state index contributed by atoms with van der Waals surface area (Å²) in [5.41, 5.74) is 4.64. The van der Waals surface area contributed by atoms with Crippen LogP contribution in [0.15, 0.2) is 72.8 Å². The Hall–Kier alpha value is -3.73. The molecule has 3 aliphatic carbocycles. The molecular weight excluding hydrogens is 414 g/mol. The first-order valence-corrected chi connectivity index (χ1v) is 11.3. The first kappa shape index (κ1) is 19.9. The molecule has 33 heavy (non-hydrogen) atoms. The number of benzene rings is 3. The van der Waals surface area contributed by atoms with Gasteiger partial charge in [-0.3, -0.25) is 14.4 Å². The predicted octanol–water partition coefficient (Wildman–Crippen LogP) is 4.57. The molecule has 164 valence electrons. The number of esters is 1. The largest absolute Gasteiger partial charge is 0.427 e. The highest BCUT2D eigenvalue weighted by Gasteiger charge is 2.67. The summed E-state index contributed by atoms with van der Waals surface area (Å²) in [7, 11) is 0. The summed E-state index contributed by atoms with van der Waals surface area (Å²) in [6.45, 7) is 3.45. The molecule has 7 rings (SSSR count). The van der Waals surface area contributed by atoms with E-state index in [1.165, 1.54) is 23.0 Å². The minimum absolute atomic E-state index is 0.141. The van der Waals surface area contributed by atoms with Gasteiger partial charge in [-0.05, 0) is 52.9 Å². The lowest BCUT2D eigenvalue weighted by molar-refractivity contribution is -0.132. The maximum Gasteiger partial charge on any atom is 0.308 e. The Kier molecular flexibility index (Phi) is 4.15. The summed E-state index contributed by atoms with van der Waals surface area (Å²) in [6.07, 6.45) is 0.729. The van der Waals surface area contributed by atoms with E-state index in [4.69, 9.17) is 4.74 Å². The molecule has 1 saturated heterocycles. The lowest BCUT2D eigenvalue weighted by Gasteiger charge is -2.54. The fourth-order valence-corrected chi connectivity index (χ4v) is 6.61. The summed E-state index contributed by atoms with van der Waals surface area (Å²) < 4.78 is 5.11. The smallest absolute Gasteiger partial charge is 0.308 e. The third kappa shape index (κ3) is 2.45. The third-order valence-corrected chi connectivity index (χ3v) is 7.71. The summed E-state index contributed by atoms with van der Waals surface area (Å²) in [5.74, 6) is -1.36. The van der Waals surface area contributed by atoms with Gasteiger partial charge in [0.25, 0.3) is 0 Å². The van der Waals surface area contributed by atoms with E-state index in [0.717, 1.165) is 17.5 Å². The summed E-state index contributed by atoms with van der Waals surface area (Å²) in [6, 6.07) is 23.2. The minimum atomic E-state index is -0.536. The van der Waals surface area contributed by atoms with Crippen LogP contribution >= 0.6 is 0 Å². The maximum atomic E-state index is 14.0. The van der Waals surface area contributed by atoms with Gasteiger partial charge in [-0.25, -0.2) is 4.90 Å². The summed E-state index contributed by atoms with van der Waals surface area (Å²) in [5, 5.41) is 0. The highest BCUT2D eigenvalue weighted by atomic mass is 16.5. The van der Waals surface area contributed by atoms with Crippen molar-refractivity contribution in [1.82, 2.24) is 0 Å². The molecule has 0 aromatic heterocycles. The predicted molar refractivity (Wildman–Crippen MR) is 123 cm³/mol. The molecule has 0 spiro atoms. The second-order valence-corrected chi connectivity index (χ2v) is 9.08. The van der Waals surface area contributed by atoms with Crippen LogP contribution < -0.4 is 9.64 Å². The number of carbonyl (C=O) groups excluding carboxylic acids is 3. The van der Waals surface area contributed by atoms with Crippen LogP contribution in [0.5, 0.6) is 5.75 Å². The lowest BCUT2D eigenvalue weighted by atomic mass is 9.46. The Morgan fingerprint density at radius 1 is 0.879 bits per heavy atom. The number of hydrogen-bond acceptors (Lipinski definition) is 4. The number of hydrogen-bond donors (Lipinski definition) is 0. The van der Waals surface area contributed by atoms with E-state index in [2.05, 4.69) is 31.2 Å². The van der Waals surface area contributed by atoms with Gasteiger partial charge < -0.3 is 4.74 Å². The van der Waals surface area contributed by atoms with Gasteiger partial charge in [0.15, 0.2) is 0 Å². The van der Waals surface area contributed by atoms with E-state index in [1.807, 2.05) is 24.3 Å². The molecule has 0 unspecified atom stereocenters. The molecule has 5 nitrogen and oxygen atoms in total. The molecular formula is C28H23NO4. The van der Waals surface area contributed by atoms with Gasteiger partial charge in [-0.2, -0.15) is 0 Å². The highest BCUT2D eigenvalue weighted by Crippen LogP contribution is 2.65. The first-order chi connectivity index (χ1) is 16.0. The van der Waals surface area contributed by atoms with Crippen molar-refractivity contribution < 1.29 is 19.1 Å². The number of ether oxygens (including phenoxy) is 1. The topological polar surface area (TPSA) is 63.7 Å². The number of nitrogens with zero attached hydrogens (tertiary/aromatic N) is 1. The second-order valence-electron chi connectivity index (χ2n) is 9.08. The molecule has 1 heterocycles. The van der Waals surface area contributed by atoms with Crippen molar-refractivity contribution in [2.24, 2.45) is 11.8 Å². The first-order valence-electron chi connectivity index (χ1n) is 11.3. The Morgan fingerprint density at radius 3 is 2.00 bits per heavy atom. The van der Waals surface area contributed by atoms with Gasteiger partial charge in [-0.15, -0.1) is 0 Å². The van der Waals surface area contributed by atoms with Crippen molar-refractivity contribution in [2.45, 2.75) is 31.6 Å². The van der Waals surface area contributed by atoms with Crippen molar-refractivity contribution in [2.75, 3.05) is 4.90 Å². The molecule has 0 saturated carbocycles. The van der Waals surface area contributed by atoms with Crippen molar-refractivity contribution in [3.8, 4) is 5.75 Å². The number of carbonyl (C=O) groups is 3. The van der Waals surface area contributed by atoms with E-state index in [9.17, 15) is 14.4 Å². The SMILES string of the molecule is CCC12c3ccccc3C(c3ccccc31)[C@@H]1C(=O)N(c3ccc(OC(C)=O)cc3)C(=O)[C@@H]12. The fraction of sp³-hybridized carbons (Fsp3) is 0.250. The number of anilines is 1. The Morgan fingerprint density at radius 2 is 1.45 bits per heavy atom. The van der Waals surface area contributed by atoms with Crippen LogP contribution in [0.1, 0.15) is 48.4 Å². The van der Waals surface area contributed by atoms with Crippen molar-refractivity contribution >= 4 is 23.5 Å². The lowest BCUT2D eigenvalue weighted by Crippen LogP contribution is -2.53. The van der Waals surface area contributed by atoms with E-state index in [1.54, 1.807) is 24.3 Å². The van der Waals surface area contributed by atoms with E-state index in [-0.39, 0.29) is 17.7 Å². The monoisotopic (exact) mass is 437 g/mol. The molecule has 0 N–H and O–H groups in total. The highest BCUT2D eigenvalue weighted by molar-refractivity contribution is 6.23. The Balaban J connectivity index is 1.53. The average Bonchev–Trinajstić information content (AvgIpc) is 3.10. The minimum Gasteiger partial charge on any atom is -0.427 e. The molecule has 2 atom stereocenters. The van der Waals surface area contributed by atoms with E-state index < -0.39 is 23.2 Å². The van der Waals surface area contributed by atoms with E-state index in [0.29, 0.717) is 11.4 Å². The van der Waals surface area contributed by atoms with Gasteiger partial charge >= 0.3 is 5.97 Å². The van der Waals surface area contributed by atoms with Crippen molar-refractivity contribution in [3.63, 3.8) is 0 Å². The molecule has 2 bridgehead atoms. The molecule has 1 aliphatic heterocycles. The van der Waals surface area contributed by atoms with Crippen LogP contribution in [0.2, 0.25) is 0 Å². The van der Waals surface area contributed by atoms with E-state index >= 15 is 0 Å². The van der Waals surface area contributed by atoms with Gasteiger partial charge in [0.05, 0.1) is 17.5 Å². The average molecular weight is 437 g/mol. The molecule has 1 fully saturated rings. The molecule has 3 aromatic rings. The van der Waals surface area contributed by atoms with Crippen LogP contribution in [0, 0.1) is 11.8 Å². The number of imide groups is 1. The number of amides is 2. The zero-order valence-corrected chi connectivity index (χ0v) is 18.4. The quantitative estimate of drug-likeness (QED) is 0.342. The molecule has 2 amide bonds. The zero-order chi connectivity index (χ0) is 22.9. The van der Waals surface area contributed by atoms with Crippen molar-refractivity contribution in [1.29, 1.82) is 0 Å². The van der Waals surface area contributed by atoms with Crippen LogP contribution in [-0.2, 0) is 19.8 Å². The van der Waals surface area contributed by atoms with Crippen LogP contribution in [0.4, 0.5) is 5.69 Å². The zero-order valence-electron chi connectivity index (χ0n) is 18.4. The molecule has 3 aromatic carbocycles. The Bertz CT molecular complexity index is 1280. The Labute approximate surface area is 192 Å². The summed E-state index contributed by atoms with van der Waals surface area (Å²) in [4.78, 5) is 40.5. The maximum absolute atomic E-state index is 14.0. The molecule has 5 heteroatoms. The molecule has 4 aliphatic rings. The normalized spacial score (nSPS) is 26.6. The van der Waals surface area contributed by atoms with Crippen LogP contribution in [0.25, 0.3) is 0 Å². The van der Waals surface area contributed by atoms with Crippen LogP contribution in [0.3, 0.4) is 0 Å². The van der Waals surface area contributed by atoms with Crippen LogP contribution in [-0.4, -0.2) is 17.8 Å².